The van der Waals surface area contributed by atoms with Gasteiger partial charge in [0.15, 0.2) is 0 Å². The summed E-state index contributed by atoms with van der Waals surface area (Å²) in [7, 11) is 0. The highest BCUT2D eigenvalue weighted by Crippen LogP contribution is 2.00. The lowest BCUT2D eigenvalue weighted by Gasteiger charge is -1.92. The molecule has 0 unspecified atom stereocenters. The van der Waals surface area contributed by atoms with E-state index in [1.165, 1.54) is 0 Å². The van der Waals surface area contributed by atoms with Crippen LogP contribution in [0.3, 0.4) is 0 Å². The second kappa shape index (κ2) is 3.79. The zero-order valence-corrected chi connectivity index (χ0v) is 7.06. The minimum Gasteiger partial charge on any atom is -0.198 e. The third-order valence-corrected chi connectivity index (χ3v) is 1.80. The average molecular weight is 178 g/mol. The van der Waals surface area contributed by atoms with E-state index in [2.05, 4.69) is 30.8 Å². The fraction of sp³-hybridized carbons (Fsp3) is 0.429. The number of aromatic nitrogens is 6. The Morgan fingerprint density at radius 3 is 1.85 bits per heavy atom. The third-order valence-electron chi connectivity index (χ3n) is 1.80. The van der Waals surface area contributed by atoms with Crippen LogP contribution in [0.25, 0.3) is 0 Å². The predicted molar refractivity (Wildman–Crippen MR) is 44.8 cm³/mol. The van der Waals surface area contributed by atoms with Gasteiger partial charge in [0.05, 0.1) is 23.8 Å². The Hall–Kier alpha value is -1.72. The molecule has 0 saturated carbocycles. The van der Waals surface area contributed by atoms with Crippen molar-refractivity contribution >= 4 is 0 Å². The number of rotatable bonds is 4. The first-order valence-corrected chi connectivity index (χ1v) is 4.14. The molecule has 0 aliphatic rings. The molecule has 68 valence electrons. The van der Waals surface area contributed by atoms with Gasteiger partial charge in [-0.1, -0.05) is 0 Å². The van der Waals surface area contributed by atoms with Crippen LogP contribution in [0, 0.1) is 0 Å². The van der Waals surface area contributed by atoms with Gasteiger partial charge in [-0.05, 0) is 19.3 Å². The predicted octanol–water partition coefficient (Wildman–Crippen LogP) is 0.0981. The molecule has 0 aliphatic heterocycles. The van der Waals surface area contributed by atoms with Crippen molar-refractivity contribution in [2.75, 3.05) is 0 Å². The normalized spacial score (nSPS) is 10.5. The number of nitrogens with zero attached hydrogens (tertiary/aromatic N) is 4. The van der Waals surface area contributed by atoms with Crippen molar-refractivity contribution in [3.63, 3.8) is 0 Å². The molecule has 2 N–H and O–H groups in total. The summed E-state index contributed by atoms with van der Waals surface area (Å²) < 4.78 is 0. The fourth-order valence-electron chi connectivity index (χ4n) is 1.14. The number of aromatic amines is 2. The van der Waals surface area contributed by atoms with Gasteiger partial charge >= 0.3 is 0 Å². The molecule has 2 heterocycles. The van der Waals surface area contributed by atoms with E-state index < -0.39 is 0 Å². The quantitative estimate of drug-likeness (QED) is 0.695. The molecular weight excluding hydrogens is 168 g/mol. The van der Waals surface area contributed by atoms with Gasteiger partial charge in [-0.2, -0.15) is 30.8 Å². The summed E-state index contributed by atoms with van der Waals surface area (Å²) in [6.45, 7) is 0. The molecule has 2 aromatic rings. The molecule has 6 nitrogen and oxygen atoms in total. The monoisotopic (exact) mass is 178 g/mol. The summed E-state index contributed by atoms with van der Waals surface area (Å²) in [6, 6.07) is 0. The number of hydrogen-bond donors (Lipinski definition) is 2. The lowest BCUT2D eigenvalue weighted by molar-refractivity contribution is 0.768. The Morgan fingerprint density at radius 1 is 0.923 bits per heavy atom. The van der Waals surface area contributed by atoms with Crippen molar-refractivity contribution in [3.05, 3.63) is 23.8 Å². The zero-order chi connectivity index (χ0) is 8.93. The highest BCUT2D eigenvalue weighted by Gasteiger charge is 1.98. The highest BCUT2D eigenvalue weighted by molar-refractivity contribution is 4.94. The standard InChI is InChI=1S/C7H10N6/c1(2-6-4-8-12-10-6)3-7-5-9-13-11-7/h4-5H,1-3H2,(H,8,10,12)(H,9,11,13). The number of nitrogens with one attached hydrogen (secondary N) is 2. The van der Waals surface area contributed by atoms with Crippen LogP contribution in [-0.2, 0) is 12.8 Å². The van der Waals surface area contributed by atoms with Gasteiger partial charge < -0.3 is 0 Å². The van der Waals surface area contributed by atoms with E-state index in [-0.39, 0.29) is 0 Å². The summed E-state index contributed by atoms with van der Waals surface area (Å²) in [5, 5.41) is 20.5. The Labute approximate surface area is 74.8 Å². The van der Waals surface area contributed by atoms with E-state index in [9.17, 15) is 0 Å². The van der Waals surface area contributed by atoms with Crippen LogP contribution in [0.15, 0.2) is 12.4 Å². The average Bonchev–Trinajstić information content (AvgIpc) is 2.75. The maximum atomic E-state index is 3.96. The SMILES string of the molecule is c1n[nH]nc1CCCc1cn[nH]n1. The molecule has 0 saturated heterocycles. The van der Waals surface area contributed by atoms with Crippen molar-refractivity contribution in [2.24, 2.45) is 0 Å². The van der Waals surface area contributed by atoms with Crippen LogP contribution in [0.4, 0.5) is 0 Å². The van der Waals surface area contributed by atoms with E-state index in [1.807, 2.05) is 0 Å². The van der Waals surface area contributed by atoms with Crippen LogP contribution in [0.1, 0.15) is 17.8 Å². The van der Waals surface area contributed by atoms with Gasteiger partial charge in [-0.25, -0.2) is 0 Å². The molecular formula is C7H10N6. The molecule has 6 heteroatoms. The number of hydrogen-bond acceptors (Lipinski definition) is 4. The van der Waals surface area contributed by atoms with E-state index in [0.717, 1.165) is 30.7 Å². The highest BCUT2D eigenvalue weighted by atomic mass is 15.3. The van der Waals surface area contributed by atoms with Gasteiger partial charge in [0.1, 0.15) is 0 Å². The first-order valence-electron chi connectivity index (χ1n) is 4.14. The summed E-state index contributed by atoms with van der Waals surface area (Å²) in [6.07, 6.45) is 6.33. The smallest absolute Gasteiger partial charge is 0.0824 e. The summed E-state index contributed by atoms with van der Waals surface area (Å²) in [5.74, 6) is 0. The van der Waals surface area contributed by atoms with Crippen molar-refractivity contribution in [1.82, 2.24) is 30.8 Å². The second-order valence-electron chi connectivity index (χ2n) is 2.78. The number of aryl methyl sites for hydroxylation is 2. The molecule has 0 bridgehead atoms. The van der Waals surface area contributed by atoms with Gasteiger partial charge in [0, 0.05) is 0 Å². The van der Waals surface area contributed by atoms with Gasteiger partial charge in [0.25, 0.3) is 0 Å². The first kappa shape index (κ1) is 7.90. The van der Waals surface area contributed by atoms with Crippen molar-refractivity contribution in [2.45, 2.75) is 19.3 Å². The molecule has 0 aliphatic carbocycles. The van der Waals surface area contributed by atoms with Crippen molar-refractivity contribution in [3.8, 4) is 0 Å². The minimum atomic E-state index is 0.920. The molecule has 0 fully saturated rings. The Morgan fingerprint density at radius 2 is 1.46 bits per heavy atom. The minimum absolute atomic E-state index is 0.920. The van der Waals surface area contributed by atoms with E-state index in [0.29, 0.717) is 0 Å². The first-order chi connectivity index (χ1) is 6.45. The van der Waals surface area contributed by atoms with E-state index >= 15 is 0 Å². The third kappa shape index (κ3) is 2.11. The van der Waals surface area contributed by atoms with Crippen molar-refractivity contribution < 1.29 is 0 Å². The lowest BCUT2D eigenvalue weighted by atomic mass is 10.2. The topological polar surface area (TPSA) is 83.1 Å². The Bertz CT molecular complexity index is 290. The molecule has 0 amide bonds. The fourth-order valence-corrected chi connectivity index (χ4v) is 1.14. The second-order valence-corrected chi connectivity index (χ2v) is 2.78. The van der Waals surface area contributed by atoms with Crippen LogP contribution in [0.5, 0.6) is 0 Å². The lowest BCUT2D eigenvalue weighted by Crippen LogP contribution is -1.90. The molecule has 2 aromatic heterocycles. The van der Waals surface area contributed by atoms with Crippen LogP contribution < -0.4 is 0 Å². The van der Waals surface area contributed by atoms with Gasteiger partial charge in [-0.15, -0.1) is 0 Å². The summed E-state index contributed by atoms with van der Waals surface area (Å²) >= 11 is 0. The molecule has 2 rings (SSSR count). The Balaban J connectivity index is 1.76. The molecule has 0 aromatic carbocycles. The maximum Gasteiger partial charge on any atom is 0.0824 e. The molecule has 0 spiro atoms. The van der Waals surface area contributed by atoms with E-state index in [4.69, 9.17) is 0 Å². The maximum absolute atomic E-state index is 3.96. The van der Waals surface area contributed by atoms with Gasteiger partial charge in [0.2, 0.25) is 0 Å². The molecule has 13 heavy (non-hydrogen) atoms. The summed E-state index contributed by atoms with van der Waals surface area (Å²) in [4.78, 5) is 0. The van der Waals surface area contributed by atoms with Crippen molar-refractivity contribution in [1.29, 1.82) is 0 Å². The summed E-state index contributed by atoms with van der Waals surface area (Å²) in [5.41, 5.74) is 1.98. The number of H-pyrrole nitrogens is 2. The van der Waals surface area contributed by atoms with Crippen LogP contribution in [0.2, 0.25) is 0 Å². The molecule has 0 radical (unpaired) electrons. The van der Waals surface area contributed by atoms with E-state index in [1.54, 1.807) is 12.4 Å². The van der Waals surface area contributed by atoms with Crippen LogP contribution >= 0.6 is 0 Å². The largest absolute Gasteiger partial charge is 0.198 e. The zero-order valence-electron chi connectivity index (χ0n) is 7.06. The molecule has 0 atom stereocenters. The van der Waals surface area contributed by atoms with Crippen LogP contribution in [-0.4, -0.2) is 30.8 Å². The Kier molecular flexibility index (Phi) is 2.31. The van der Waals surface area contributed by atoms with Gasteiger partial charge in [-0.3, -0.25) is 0 Å².